The molecule has 0 N–H and O–H groups in total. The molecule has 0 saturated heterocycles. The number of ether oxygens (including phenoxy) is 1. The maximum absolute atomic E-state index is 11.5. The molecule has 1 heterocycles. The van der Waals surface area contributed by atoms with Crippen molar-refractivity contribution in [2.75, 3.05) is 6.61 Å². The molecule has 0 saturated carbocycles. The molecule has 4 nitrogen and oxygen atoms in total. The molecule has 0 spiro atoms. The van der Waals surface area contributed by atoms with Crippen molar-refractivity contribution < 1.29 is 13.9 Å². The smallest absolute Gasteiger partial charge is 0.360 e. The summed E-state index contributed by atoms with van der Waals surface area (Å²) in [4.78, 5) is 15.3. The number of carbonyl (C=O) groups excluding carboxylic acids is 1. The standard InChI is InChI=1S/C11H17NO3/c1-4-8(3)6-9-10(12-7-15-9)11(13)14-5-2/h7-8H,4-6H2,1-3H3. The molecule has 0 bridgehead atoms. The summed E-state index contributed by atoms with van der Waals surface area (Å²) in [6, 6.07) is 0. The van der Waals surface area contributed by atoms with Crippen LogP contribution >= 0.6 is 0 Å². The van der Waals surface area contributed by atoms with Crippen LogP contribution in [-0.4, -0.2) is 17.6 Å². The summed E-state index contributed by atoms with van der Waals surface area (Å²) >= 11 is 0. The van der Waals surface area contributed by atoms with Crippen LogP contribution in [0.2, 0.25) is 0 Å². The lowest BCUT2D eigenvalue weighted by atomic mass is 10.0. The van der Waals surface area contributed by atoms with Gasteiger partial charge in [0.15, 0.2) is 12.1 Å². The Labute approximate surface area is 89.6 Å². The van der Waals surface area contributed by atoms with Crippen molar-refractivity contribution >= 4 is 5.97 Å². The van der Waals surface area contributed by atoms with Crippen LogP contribution in [0.25, 0.3) is 0 Å². The van der Waals surface area contributed by atoms with Crippen molar-refractivity contribution in [1.82, 2.24) is 4.98 Å². The second kappa shape index (κ2) is 5.53. The molecular weight excluding hydrogens is 194 g/mol. The average Bonchev–Trinajstić information content (AvgIpc) is 2.66. The molecule has 0 aliphatic rings. The Morgan fingerprint density at radius 2 is 2.33 bits per heavy atom. The third kappa shape index (κ3) is 3.08. The molecule has 1 rings (SSSR count). The van der Waals surface area contributed by atoms with Gasteiger partial charge in [0.05, 0.1) is 6.61 Å². The highest BCUT2D eigenvalue weighted by atomic mass is 16.5. The van der Waals surface area contributed by atoms with E-state index >= 15 is 0 Å². The number of rotatable bonds is 5. The van der Waals surface area contributed by atoms with Gasteiger partial charge in [0.1, 0.15) is 5.76 Å². The topological polar surface area (TPSA) is 52.3 Å². The van der Waals surface area contributed by atoms with E-state index in [1.807, 2.05) is 0 Å². The van der Waals surface area contributed by atoms with Gasteiger partial charge in [0.25, 0.3) is 0 Å². The Balaban J connectivity index is 2.73. The Bertz CT molecular complexity index is 319. The molecule has 1 atom stereocenters. The summed E-state index contributed by atoms with van der Waals surface area (Å²) in [6.07, 6.45) is 3.07. The zero-order valence-corrected chi connectivity index (χ0v) is 9.45. The molecule has 0 amide bonds. The number of aromatic nitrogens is 1. The highest BCUT2D eigenvalue weighted by Crippen LogP contribution is 2.15. The molecule has 1 unspecified atom stereocenters. The minimum Gasteiger partial charge on any atom is -0.461 e. The van der Waals surface area contributed by atoms with Crippen LogP contribution in [0.3, 0.4) is 0 Å². The van der Waals surface area contributed by atoms with E-state index in [-0.39, 0.29) is 0 Å². The molecule has 0 radical (unpaired) electrons. The van der Waals surface area contributed by atoms with E-state index in [0.717, 1.165) is 12.8 Å². The second-order valence-corrected chi connectivity index (χ2v) is 3.56. The fraction of sp³-hybridized carbons (Fsp3) is 0.636. The highest BCUT2D eigenvalue weighted by Gasteiger charge is 2.18. The van der Waals surface area contributed by atoms with Gasteiger partial charge in [-0.05, 0) is 12.8 Å². The zero-order chi connectivity index (χ0) is 11.3. The van der Waals surface area contributed by atoms with Crippen LogP contribution in [0.4, 0.5) is 0 Å². The minimum atomic E-state index is -0.399. The van der Waals surface area contributed by atoms with E-state index < -0.39 is 5.97 Å². The van der Waals surface area contributed by atoms with Crippen LogP contribution in [0.5, 0.6) is 0 Å². The maximum Gasteiger partial charge on any atom is 0.360 e. The van der Waals surface area contributed by atoms with E-state index in [1.165, 1.54) is 6.39 Å². The molecule has 0 aliphatic carbocycles. The van der Waals surface area contributed by atoms with Gasteiger partial charge in [-0.3, -0.25) is 0 Å². The molecule has 0 fully saturated rings. The van der Waals surface area contributed by atoms with Gasteiger partial charge in [-0.2, -0.15) is 0 Å². The van der Waals surface area contributed by atoms with Crippen molar-refractivity contribution in [1.29, 1.82) is 0 Å². The van der Waals surface area contributed by atoms with Crippen LogP contribution in [0.1, 0.15) is 43.4 Å². The second-order valence-electron chi connectivity index (χ2n) is 3.56. The Kier molecular flexibility index (Phi) is 4.34. The van der Waals surface area contributed by atoms with E-state index in [1.54, 1.807) is 6.92 Å². The summed E-state index contributed by atoms with van der Waals surface area (Å²) in [7, 11) is 0. The summed E-state index contributed by atoms with van der Waals surface area (Å²) < 4.78 is 10.1. The van der Waals surface area contributed by atoms with E-state index in [9.17, 15) is 4.79 Å². The van der Waals surface area contributed by atoms with Gasteiger partial charge in [-0.1, -0.05) is 20.3 Å². The fourth-order valence-corrected chi connectivity index (χ4v) is 1.24. The molecule has 15 heavy (non-hydrogen) atoms. The van der Waals surface area contributed by atoms with Crippen LogP contribution in [-0.2, 0) is 11.2 Å². The highest BCUT2D eigenvalue weighted by molar-refractivity contribution is 5.88. The monoisotopic (exact) mass is 211 g/mol. The van der Waals surface area contributed by atoms with Crippen LogP contribution in [0.15, 0.2) is 10.8 Å². The number of hydrogen-bond acceptors (Lipinski definition) is 4. The lowest BCUT2D eigenvalue weighted by Gasteiger charge is -2.06. The minimum absolute atomic E-state index is 0.317. The quantitative estimate of drug-likeness (QED) is 0.702. The first kappa shape index (κ1) is 11.8. The van der Waals surface area contributed by atoms with Gasteiger partial charge < -0.3 is 9.15 Å². The summed E-state index contributed by atoms with van der Waals surface area (Å²) in [5.41, 5.74) is 0.317. The van der Waals surface area contributed by atoms with E-state index in [2.05, 4.69) is 18.8 Å². The Morgan fingerprint density at radius 3 is 2.93 bits per heavy atom. The van der Waals surface area contributed by atoms with Crippen molar-refractivity contribution in [2.45, 2.75) is 33.6 Å². The Hall–Kier alpha value is -1.32. The summed E-state index contributed by atoms with van der Waals surface area (Å²) in [6.45, 7) is 6.34. The molecule has 0 aromatic carbocycles. The SMILES string of the molecule is CCOC(=O)c1ncoc1CC(C)CC. The van der Waals surface area contributed by atoms with Crippen molar-refractivity contribution in [3.05, 3.63) is 17.8 Å². The predicted octanol–water partition coefficient (Wildman–Crippen LogP) is 2.44. The maximum atomic E-state index is 11.5. The fourth-order valence-electron chi connectivity index (χ4n) is 1.24. The van der Waals surface area contributed by atoms with E-state index in [0.29, 0.717) is 24.0 Å². The molecule has 84 valence electrons. The van der Waals surface area contributed by atoms with Gasteiger partial charge >= 0.3 is 5.97 Å². The van der Waals surface area contributed by atoms with Gasteiger partial charge in [0, 0.05) is 6.42 Å². The average molecular weight is 211 g/mol. The number of nitrogens with zero attached hydrogens (tertiary/aromatic N) is 1. The summed E-state index contributed by atoms with van der Waals surface area (Å²) in [5.74, 6) is 0.707. The van der Waals surface area contributed by atoms with Crippen LogP contribution in [0, 0.1) is 5.92 Å². The number of carbonyl (C=O) groups is 1. The van der Waals surface area contributed by atoms with Crippen molar-refractivity contribution in [3.63, 3.8) is 0 Å². The third-order valence-electron chi connectivity index (χ3n) is 2.34. The summed E-state index contributed by atoms with van der Waals surface area (Å²) in [5, 5.41) is 0. The molecule has 1 aromatic rings. The third-order valence-corrected chi connectivity index (χ3v) is 2.34. The number of oxazole rings is 1. The molecule has 1 aromatic heterocycles. The normalized spacial score (nSPS) is 12.5. The van der Waals surface area contributed by atoms with Crippen molar-refractivity contribution in [3.8, 4) is 0 Å². The Morgan fingerprint density at radius 1 is 1.60 bits per heavy atom. The molecular formula is C11H17NO3. The van der Waals surface area contributed by atoms with E-state index in [4.69, 9.17) is 9.15 Å². The first-order valence-corrected chi connectivity index (χ1v) is 5.28. The van der Waals surface area contributed by atoms with Gasteiger partial charge in [-0.15, -0.1) is 0 Å². The number of hydrogen-bond donors (Lipinski definition) is 0. The first-order valence-electron chi connectivity index (χ1n) is 5.28. The molecule has 4 heteroatoms. The van der Waals surface area contributed by atoms with Gasteiger partial charge in [0.2, 0.25) is 0 Å². The largest absolute Gasteiger partial charge is 0.461 e. The molecule has 0 aliphatic heterocycles. The van der Waals surface area contributed by atoms with Crippen molar-refractivity contribution in [2.24, 2.45) is 5.92 Å². The number of esters is 1. The predicted molar refractivity (Wildman–Crippen MR) is 55.6 cm³/mol. The lowest BCUT2D eigenvalue weighted by molar-refractivity contribution is 0.0517. The van der Waals surface area contributed by atoms with Gasteiger partial charge in [-0.25, -0.2) is 9.78 Å². The zero-order valence-electron chi connectivity index (χ0n) is 9.45. The van der Waals surface area contributed by atoms with Crippen LogP contribution < -0.4 is 0 Å². The first-order chi connectivity index (χ1) is 7.19. The lowest BCUT2D eigenvalue weighted by Crippen LogP contribution is -2.09.